The van der Waals surface area contributed by atoms with E-state index in [9.17, 15) is 14.3 Å². The number of aliphatic hydroxyl groups is 1. The molecule has 2 saturated heterocycles. The van der Waals surface area contributed by atoms with E-state index in [1.807, 2.05) is 5.32 Å². The van der Waals surface area contributed by atoms with Gasteiger partial charge in [-0.25, -0.2) is 23.1 Å². The van der Waals surface area contributed by atoms with Gasteiger partial charge in [-0.15, -0.1) is 0 Å². The maximum absolute atomic E-state index is 15.7. The predicted octanol–water partition coefficient (Wildman–Crippen LogP) is 3.34. The monoisotopic (exact) mass is 461 g/mol. The van der Waals surface area contributed by atoms with Crippen molar-refractivity contribution in [2.24, 2.45) is 0 Å². The zero-order valence-corrected chi connectivity index (χ0v) is 15.8. The van der Waals surface area contributed by atoms with Crippen LogP contribution < -0.4 is 10.2 Å². The smallest absolute Gasteiger partial charge is 0.322 e. The molecular weight excluding hydrogens is 418 g/mol. The van der Waals surface area contributed by atoms with Crippen LogP contribution in [0.5, 0.6) is 0 Å². The molecule has 1 unspecified atom stereocenters. The molecule has 2 amide bonds. The van der Waals surface area contributed by atoms with Crippen molar-refractivity contribution < 1.29 is 44.7 Å². The number of likely N-dealkylation sites (tertiary alicyclic amines) is 1. The number of rotatable bonds is 3. The lowest BCUT2D eigenvalue weighted by Crippen LogP contribution is -2.40. The van der Waals surface area contributed by atoms with Gasteiger partial charge in [0.2, 0.25) is 0 Å². The Balaban J connectivity index is 1.81. The summed E-state index contributed by atoms with van der Waals surface area (Å²) in [7, 11) is 0. The molecule has 0 aliphatic carbocycles. The van der Waals surface area contributed by atoms with Crippen LogP contribution in [0.1, 0.15) is 63.7 Å². The maximum Gasteiger partial charge on any atom is 0.322 e. The molecule has 0 spiro atoms. The van der Waals surface area contributed by atoms with Crippen molar-refractivity contribution in [3.8, 4) is 0 Å². The number of benzene rings is 1. The van der Waals surface area contributed by atoms with E-state index >= 15 is 4.39 Å². The molecule has 4 heterocycles. The second-order valence-corrected chi connectivity index (χ2v) is 6.25. The van der Waals surface area contributed by atoms with Crippen LogP contribution in [0, 0.1) is 11.6 Å². The SMILES string of the molecule is [2H]c1nn2c([2H])c([2H])c(N3C([2H])([2H])C([2H])([2H])C([2H])([2H])[C@]3([2H])c3c([2H])c(F)c([2H])c([2H])c3F)nc2c1NC(=O)N1C([2H])([2H])C([2H])([2H])[C@]([2H])(O)C1([2H])C. The summed E-state index contributed by atoms with van der Waals surface area (Å²) in [5.74, 6) is -5.51. The summed E-state index contributed by atoms with van der Waals surface area (Å²) in [6.07, 6.45) is -17.5. The zero-order chi connectivity index (χ0) is 39.4. The molecule has 2 aliphatic rings. The second-order valence-electron chi connectivity index (χ2n) is 6.25. The number of fused-ring (bicyclic) bond motifs is 1. The highest BCUT2D eigenvalue weighted by Crippen LogP contribution is 2.37. The van der Waals surface area contributed by atoms with Gasteiger partial charge in [0.15, 0.2) is 5.65 Å². The number of carbonyl (C=O) groups is 1. The van der Waals surface area contributed by atoms with E-state index in [1.165, 1.54) is 0 Å². The van der Waals surface area contributed by atoms with Gasteiger partial charge in [0.25, 0.3) is 0 Å². The molecule has 168 valence electrons. The summed E-state index contributed by atoms with van der Waals surface area (Å²) in [5.41, 5.74) is -3.75. The molecule has 2 aliphatic heterocycles. The van der Waals surface area contributed by atoms with Crippen molar-refractivity contribution in [2.45, 2.75) is 44.2 Å². The Labute approximate surface area is 210 Å². The van der Waals surface area contributed by atoms with Crippen molar-refractivity contribution in [2.75, 3.05) is 23.2 Å². The third kappa shape index (κ3) is 3.54. The topological polar surface area (TPSA) is 86.0 Å². The van der Waals surface area contributed by atoms with E-state index < -0.39 is 127 Å². The van der Waals surface area contributed by atoms with Gasteiger partial charge < -0.3 is 20.2 Å². The molecule has 1 aromatic carbocycles. The quantitative estimate of drug-likeness (QED) is 0.625. The highest BCUT2D eigenvalue weighted by atomic mass is 19.1. The highest BCUT2D eigenvalue weighted by Gasteiger charge is 2.33. The minimum absolute atomic E-state index is 0.226. The molecule has 2 aromatic heterocycles. The third-order valence-electron chi connectivity index (χ3n) is 4.33. The highest BCUT2D eigenvalue weighted by molar-refractivity contribution is 5.93. The molecule has 3 atom stereocenters. The first-order chi connectivity index (χ1) is 22.8. The molecular formula is C22H24F2N6O2. The van der Waals surface area contributed by atoms with E-state index in [4.69, 9.17) is 26.0 Å². The fourth-order valence-corrected chi connectivity index (χ4v) is 2.78. The molecule has 10 heteroatoms. The minimum atomic E-state index is -4.05. The Morgan fingerprint density at radius 3 is 2.97 bits per heavy atom. The van der Waals surface area contributed by atoms with Crippen LogP contribution in [0.25, 0.3) is 5.65 Å². The van der Waals surface area contributed by atoms with E-state index in [0.717, 1.165) is 0 Å². The van der Waals surface area contributed by atoms with Crippen LogP contribution in [-0.4, -0.2) is 55.7 Å². The summed E-state index contributed by atoms with van der Waals surface area (Å²) in [5, 5.41) is 15.9. The number of aromatic nitrogens is 3. The minimum Gasteiger partial charge on any atom is -0.391 e. The molecule has 2 fully saturated rings. The molecule has 2 N–H and O–H groups in total. The maximum atomic E-state index is 15.7. The Hall–Kier alpha value is -3.27. The standard InChI is InChI=1S/C22H24F2N6O2/c1-13-19(31)6-9-28(13)22(32)26-17-12-25-30-10-7-20(27-21(17)30)29-8-2-3-18(29)15-11-14(23)4-5-16(15)24/h4-5,7,10-13,18-19,31H,2-3,6,8-9H2,1H3,(H,26,32)/t13?,18-,19+/m1/s1/i2D2,3D2,4D,5D,6D2,7D,8D2,9D2,10D,11D,12D,13D,18D,19D. The van der Waals surface area contributed by atoms with Crippen LogP contribution in [0.4, 0.5) is 25.1 Å². The lowest BCUT2D eigenvalue weighted by atomic mass is 10.0. The van der Waals surface area contributed by atoms with Crippen molar-refractivity contribution in [3.63, 3.8) is 0 Å². The van der Waals surface area contributed by atoms with Gasteiger partial charge in [0.05, 0.1) is 36.6 Å². The van der Waals surface area contributed by atoms with Crippen molar-refractivity contribution in [1.82, 2.24) is 19.5 Å². The van der Waals surface area contributed by atoms with Gasteiger partial charge in [-0.3, -0.25) is 0 Å². The Morgan fingerprint density at radius 2 is 2.19 bits per heavy atom. The Kier molecular flexibility index (Phi) is 2.07. The molecule has 5 rings (SSSR count). The Bertz CT molecular complexity index is 1990. The van der Waals surface area contributed by atoms with Crippen molar-refractivity contribution in [3.05, 3.63) is 53.7 Å². The number of nitrogens with one attached hydrogen (secondary N) is 1. The van der Waals surface area contributed by atoms with Gasteiger partial charge in [0.1, 0.15) is 23.1 Å². The number of carbonyl (C=O) groups excluding carboxylic acids is 1. The van der Waals surface area contributed by atoms with Gasteiger partial charge in [0, 0.05) is 38.4 Å². The third-order valence-corrected chi connectivity index (χ3v) is 4.33. The average molecular weight is 462 g/mol. The largest absolute Gasteiger partial charge is 0.391 e. The van der Waals surface area contributed by atoms with E-state index in [0.29, 0.717) is 11.4 Å². The lowest BCUT2D eigenvalue weighted by Gasteiger charge is -2.26. The van der Waals surface area contributed by atoms with Crippen LogP contribution in [0.3, 0.4) is 0 Å². The molecule has 32 heavy (non-hydrogen) atoms. The van der Waals surface area contributed by atoms with Gasteiger partial charge >= 0.3 is 6.03 Å². The number of anilines is 2. The van der Waals surface area contributed by atoms with E-state index in [2.05, 4.69) is 10.1 Å². The number of amides is 2. The number of hydrogen-bond donors (Lipinski definition) is 2. The van der Waals surface area contributed by atoms with Crippen LogP contribution in [-0.2, 0) is 0 Å². The van der Waals surface area contributed by atoms with Crippen molar-refractivity contribution >= 4 is 23.2 Å². The van der Waals surface area contributed by atoms with E-state index in [-0.39, 0.29) is 9.80 Å². The molecule has 8 nitrogen and oxygen atoms in total. The molecule has 0 radical (unpaired) electrons. The summed E-state index contributed by atoms with van der Waals surface area (Å²) in [6.45, 7) is -6.91. The van der Waals surface area contributed by atoms with Gasteiger partial charge in [-0.1, -0.05) is 0 Å². The number of nitrogens with zero attached hydrogens (tertiary/aromatic N) is 5. The fourth-order valence-electron chi connectivity index (χ4n) is 2.78. The van der Waals surface area contributed by atoms with Crippen LogP contribution in [0.15, 0.2) is 36.5 Å². The summed E-state index contributed by atoms with van der Waals surface area (Å²) >= 11 is 0. The first-order valence-corrected chi connectivity index (χ1v) is 8.72. The fraction of sp³-hybridized carbons (Fsp3) is 0.409. The Morgan fingerprint density at radius 1 is 1.34 bits per heavy atom. The normalized spacial score (nSPS) is 46.7. The first-order valence-electron chi connectivity index (χ1n) is 18.2. The first kappa shape index (κ1) is 8.26. The molecule has 3 aromatic rings. The summed E-state index contributed by atoms with van der Waals surface area (Å²) in [6, 6.07) is -15.1. The van der Waals surface area contributed by atoms with E-state index in [1.54, 1.807) is 0 Å². The predicted molar refractivity (Wildman–Crippen MR) is 114 cm³/mol. The summed E-state index contributed by atoms with van der Waals surface area (Å²) < 4.78 is 188. The average Bonchev–Trinajstić information content (AvgIpc) is 3.36. The summed E-state index contributed by atoms with van der Waals surface area (Å²) in [4.78, 5) is 16.7. The van der Waals surface area contributed by atoms with Crippen LogP contribution >= 0.6 is 0 Å². The molecule has 0 bridgehead atoms. The van der Waals surface area contributed by atoms with Gasteiger partial charge in [-0.05, 0) is 50.2 Å². The second kappa shape index (κ2) is 8.01. The van der Waals surface area contributed by atoms with Crippen LogP contribution in [0.2, 0.25) is 0 Å². The number of hydrogen-bond acceptors (Lipinski definition) is 5. The van der Waals surface area contributed by atoms with Gasteiger partial charge in [-0.2, -0.15) is 5.10 Å². The zero-order valence-electron chi connectivity index (χ0n) is 34.8. The number of halogens is 2. The molecule has 0 saturated carbocycles. The number of urea groups is 1. The van der Waals surface area contributed by atoms with Crippen molar-refractivity contribution in [1.29, 1.82) is 0 Å². The lowest BCUT2D eigenvalue weighted by molar-refractivity contribution is 0.135.